The van der Waals surface area contributed by atoms with Crippen LogP contribution in [-0.2, 0) is 43.5 Å². The summed E-state index contributed by atoms with van der Waals surface area (Å²) < 4.78 is 38.7. The number of hydrogen-bond donors (Lipinski definition) is 1. The molecule has 0 aliphatic carbocycles. The van der Waals surface area contributed by atoms with Crippen LogP contribution < -0.4 is 24.2 Å². The number of nitrogens with one attached hydrogen (secondary N) is 1. The number of aryl methyl sites for hydroxylation is 3. The van der Waals surface area contributed by atoms with Crippen molar-refractivity contribution in [3.05, 3.63) is 29.7 Å². The summed E-state index contributed by atoms with van der Waals surface area (Å²) in [5.74, 6) is 0. The maximum absolute atomic E-state index is 6.31. The Hall–Kier alpha value is 2.98. The Balaban J connectivity index is 0. The monoisotopic (exact) mass is 1490 g/mol. The quantitative estimate of drug-likeness (QED) is 0.151. The van der Waals surface area contributed by atoms with Crippen LogP contribution in [-0.4, -0.2) is 86.5 Å². The SMILES string of the molecule is CCCO[Si](C)(C)C(C)(C)C.Cc1n[nH]c(C)c1B1OC(C)(C)C(C)(C)O1.Cc1nn(CCO[Si](C)(C)C(C)(C)C)c(C)c1B1OC(C)(C)C(C)(C)O1.I[I-]I.[CH2-]C.[I][V][I]. The molecule has 2 saturated heterocycles. The van der Waals surface area contributed by atoms with Crippen LogP contribution in [0.2, 0.25) is 36.3 Å². The average molecular weight is 1490 g/mol. The van der Waals surface area contributed by atoms with Gasteiger partial charge in [0, 0.05) is 28.9 Å². The predicted octanol–water partition coefficient (Wildman–Crippen LogP) is 9.95. The molecule has 0 saturated carbocycles. The number of rotatable bonds is 9. The summed E-state index contributed by atoms with van der Waals surface area (Å²) in [5.41, 5.74) is 4.81. The third-order valence-corrected chi connectivity index (χ3v) is 21.7. The Bertz CT molecular complexity index is 1520. The summed E-state index contributed by atoms with van der Waals surface area (Å²) in [6.45, 7) is 56.9. The number of hydrogen-bond acceptors (Lipinski definition) is 8. The fraction of sp³-hybridized carbons (Fsp3) is 0.829. The van der Waals surface area contributed by atoms with Gasteiger partial charge in [-0.05, 0) is 126 Å². The zero-order valence-corrected chi connectivity index (χ0v) is 56.5. The second-order valence-corrected chi connectivity index (χ2v) is 57.8. The molecule has 359 valence electrons. The van der Waals surface area contributed by atoms with Crippen LogP contribution in [0.4, 0.5) is 0 Å². The Morgan fingerprint density at radius 2 is 1.03 bits per heavy atom. The minimum absolute atomic E-state index is 0.218. The van der Waals surface area contributed by atoms with E-state index in [1.807, 2.05) is 25.5 Å². The molecular weight excluding hydrogens is 1410 g/mol. The third-order valence-electron chi connectivity index (χ3n) is 12.6. The summed E-state index contributed by atoms with van der Waals surface area (Å²) in [7, 11) is -3.22. The molecule has 2 aromatic rings. The molecule has 4 heterocycles. The van der Waals surface area contributed by atoms with E-state index in [1.54, 1.807) is 6.92 Å². The van der Waals surface area contributed by atoms with E-state index >= 15 is 0 Å². The van der Waals surface area contributed by atoms with Crippen molar-refractivity contribution in [1.29, 1.82) is 0 Å². The number of halogens is 5. The van der Waals surface area contributed by atoms with E-state index in [-0.39, 0.29) is 41.7 Å². The Morgan fingerprint density at radius 1 is 0.705 bits per heavy atom. The summed E-state index contributed by atoms with van der Waals surface area (Å²) >= 11 is 10.0. The molecule has 2 fully saturated rings. The van der Waals surface area contributed by atoms with Crippen LogP contribution >= 0.6 is 77.2 Å². The van der Waals surface area contributed by atoms with Crippen molar-refractivity contribution in [3.63, 3.8) is 0 Å². The topological polar surface area (TPSA) is 102 Å². The van der Waals surface area contributed by atoms with Gasteiger partial charge in [-0.2, -0.15) is 17.1 Å². The molecule has 2 aliphatic heterocycles. The first-order valence-corrected chi connectivity index (χ1v) is 48.4. The molecule has 0 amide bonds. The van der Waals surface area contributed by atoms with Gasteiger partial charge in [-0.3, -0.25) is 9.78 Å². The molecule has 20 heteroatoms. The van der Waals surface area contributed by atoms with Gasteiger partial charge in [0.1, 0.15) is 0 Å². The van der Waals surface area contributed by atoms with Crippen LogP contribution in [0.3, 0.4) is 0 Å². The standard InChI is InChI=1S/C19H37BN2O3Si.C11H19BN2O2.C9H22OSi.C2H5.I3.2HI.V/c1-14-16(20-24-18(6,7)19(8,9)25-20)15(2)22(21-14)12-13-23-26(10,11)17(3,4)5;1-7-9(8(2)14-13-7)12-15-10(3,4)11(5,6)16-12;1-7-8-10-11(5,6)9(2,3)4;1-2;1-3-2;;;/h12-13H2,1-11H3;1-6H3,(H,13,14);7-8H2,1-6H3;1H2,2H3;;2*1H;/q;;;2*-1;;;+2/p-2. The molecule has 1 N–H and O–H groups in total. The molecule has 4 rings (SSSR count). The van der Waals surface area contributed by atoms with Crippen LogP contribution in [0, 0.1) is 34.6 Å². The van der Waals surface area contributed by atoms with Gasteiger partial charge in [0.15, 0.2) is 16.6 Å². The van der Waals surface area contributed by atoms with Gasteiger partial charge in [-0.1, -0.05) is 48.5 Å². The summed E-state index contributed by atoms with van der Waals surface area (Å²) in [4.78, 5) is 0. The Labute approximate surface area is 436 Å². The Morgan fingerprint density at radius 3 is 1.33 bits per heavy atom. The van der Waals surface area contributed by atoms with Gasteiger partial charge in [-0.15, -0.1) is 0 Å². The van der Waals surface area contributed by atoms with Gasteiger partial charge in [-0.25, -0.2) is 0 Å². The normalized spacial score (nSPS) is 17.7. The van der Waals surface area contributed by atoms with Gasteiger partial charge in [0.05, 0.1) is 46.9 Å². The van der Waals surface area contributed by atoms with E-state index < -0.39 is 16.6 Å². The number of nitrogens with zero attached hydrogens (tertiary/aromatic N) is 3. The molecule has 0 bridgehead atoms. The van der Waals surface area contributed by atoms with Crippen LogP contribution in [0.5, 0.6) is 0 Å². The summed E-state index contributed by atoms with van der Waals surface area (Å²) in [5, 5.41) is 12.4. The zero-order valence-electron chi connectivity index (χ0n) is 42.3. The van der Waals surface area contributed by atoms with Crippen LogP contribution in [0.15, 0.2) is 0 Å². The number of H-pyrrole nitrogens is 1. The molecule has 10 nitrogen and oxygen atoms in total. The summed E-state index contributed by atoms with van der Waals surface area (Å²) in [6, 6.07) is 0. The van der Waals surface area contributed by atoms with Crippen molar-refractivity contribution in [2.75, 3.05) is 13.2 Å². The van der Waals surface area contributed by atoms with Gasteiger partial charge in [0.2, 0.25) is 0 Å². The van der Waals surface area contributed by atoms with E-state index in [2.05, 4.69) is 231 Å². The van der Waals surface area contributed by atoms with Gasteiger partial charge in [0.25, 0.3) is 0 Å². The fourth-order valence-corrected chi connectivity index (χ4v) is 7.46. The molecule has 2 aromatic heterocycles. The van der Waals surface area contributed by atoms with Crippen LogP contribution in [0.1, 0.15) is 140 Å². The van der Waals surface area contributed by atoms with E-state index in [0.717, 1.165) is 53.3 Å². The minimum atomic E-state index is -1.74. The Kier molecular flexibility index (Phi) is 30.3. The zero-order chi connectivity index (χ0) is 48.8. The molecule has 0 aromatic carbocycles. The van der Waals surface area contributed by atoms with Crippen molar-refractivity contribution in [2.24, 2.45) is 0 Å². The van der Waals surface area contributed by atoms with Crippen molar-refractivity contribution in [3.8, 4) is 0 Å². The molecule has 0 spiro atoms. The molecule has 0 radical (unpaired) electrons. The van der Waals surface area contributed by atoms with Crippen molar-refractivity contribution >= 4 is 119 Å². The van der Waals surface area contributed by atoms with Crippen LogP contribution in [0.25, 0.3) is 0 Å². The second-order valence-electron chi connectivity index (χ2n) is 20.2. The second kappa shape index (κ2) is 28.0. The average Bonchev–Trinajstić information content (AvgIpc) is 3.72. The van der Waals surface area contributed by atoms with E-state index in [0.29, 0.717) is 34.4 Å². The predicted molar refractivity (Wildman–Crippen MR) is 295 cm³/mol. The van der Waals surface area contributed by atoms with E-state index in [1.165, 1.54) is 0 Å². The third kappa shape index (κ3) is 20.1. The first kappa shape index (κ1) is 66.1. The van der Waals surface area contributed by atoms with Gasteiger partial charge >= 0.3 is 114 Å². The fourth-order valence-electron chi connectivity index (χ4n) is 5.28. The number of aromatic amines is 1. The number of aromatic nitrogens is 4. The molecule has 61 heavy (non-hydrogen) atoms. The van der Waals surface area contributed by atoms with Crippen molar-refractivity contribution in [2.45, 2.75) is 210 Å². The van der Waals surface area contributed by atoms with Crippen molar-refractivity contribution < 1.29 is 50.2 Å². The van der Waals surface area contributed by atoms with E-state index in [9.17, 15) is 0 Å². The molecular formula is C41H83B2I5N4O6Si2V-2. The maximum atomic E-state index is 6.31. The molecule has 2 aliphatic rings. The molecule has 0 unspecified atom stereocenters. The van der Waals surface area contributed by atoms with Crippen molar-refractivity contribution in [1.82, 2.24) is 20.0 Å². The first-order valence-electron chi connectivity index (χ1n) is 21.0. The van der Waals surface area contributed by atoms with Gasteiger partial charge < -0.3 is 34.4 Å². The summed E-state index contributed by atoms with van der Waals surface area (Å²) in [6.07, 6.45) is 1.13. The van der Waals surface area contributed by atoms with E-state index in [4.69, 9.17) is 32.6 Å². The molecule has 0 atom stereocenters. The first-order chi connectivity index (χ1) is 27.5.